The molecule has 0 spiro atoms. The van der Waals surface area contributed by atoms with E-state index in [2.05, 4.69) is 36.4 Å². The Balaban J connectivity index is 2.82. The maximum atomic E-state index is 11.6. The summed E-state index contributed by atoms with van der Waals surface area (Å²) in [5.74, 6) is -0.134. The zero-order valence-corrected chi connectivity index (χ0v) is 11.0. The summed E-state index contributed by atoms with van der Waals surface area (Å²) in [6.07, 6.45) is 2.66. The Bertz CT molecular complexity index is 388. The van der Waals surface area contributed by atoms with E-state index in [0.717, 1.165) is 12.1 Å². The van der Waals surface area contributed by atoms with Crippen molar-refractivity contribution in [1.82, 2.24) is 10.3 Å². The van der Waals surface area contributed by atoms with Crippen LogP contribution in [0.1, 0.15) is 44.6 Å². The Morgan fingerprint density at radius 3 is 2.71 bits per heavy atom. The number of hydrogen-bond acceptors (Lipinski definition) is 3. The highest BCUT2D eigenvalue weighted by Gasteiger charge is 2.15. The van der Waals surface area contributed by atoms with E-state index >= 15 is 0 Å². The van der Waals surface area contributed by atoms with Crippen molar-refractivity contribution >= 4 is 11.6 Å². The number of pyridine rings is 1. The lowest BCUT2D eigenvalue weighted by Crippen LogP contribution is -2.30. The molecule has 1 heterocycles. The summed E-state index contributed by atoms with van der Waals surface area (Å²) >= 11 is 0. The number of nitrogens with zero attached hydrogens (tertiary/aromatic N) is 1. The number of carbonyl (C=O) groups excluding carboxylic acids is 1. The van der Waals surface area contributed by atoms with Gasteiger partial charge in [-0.3, -0.25) is 9.78 Å². The molecule has 0 fully saturated rings. The van der Waals surface area contributed by atoms with Gasteiger partial charge < -0.3 is 10.6 Å². The molecule has 0 radical (unpaired) electrons. The SMILES string of the molecule is CCNC(=O)c1cc(NC(C)(C)CC)ccn1. The number of hydrogen-bond donors (Lipinski definition) is 2. The van der Waals surface area contributed by atoms with Crippen LogP contribution in [-0.2, 0) is 0 Å². The second-order valence-electron chi connectivity index (χ2n) is 4.65. The first-order chi connectivity index (χ1) is 7.98. The normalized spacial score (nSPS) is 11.1. The van der Waals surface area contributed by atoms with Crippen molar-refractivity contribution in [1.29, 1.82) is 0 Å². The predicted octanol–water partition coefficient (Wildman–Crippen LogP) is 2.43. The smallest absolute Gasteiger partial charge is 0.269 e. The summed E-state index contributed by atoms with van der Waals surface area (Å²) in [7, 11) is 0. The Labute approximate surface area is 103 Å². The molecule has 17 heavy (non-hydrogen) atoms. The molecular formula is C13H21N3O. The lowest BCUT2D eigenvalue weighted by molar-refractivity contribution is 0.0951. The molecule has 2 N–H and O–H groups in total. The van der Waals surface area contributed by atoms with Gasteiger partial charge in [0, 0.05) is 24.0 Å². The average molecular weight is 235 g/mol. The van der Waals surface area contributed by atoms with Gasteiger partial charge in [-0.25, -0.2) is 0 Å². The minimum atomic E-state index is -0.134. The van der Waals surface area contributed by atoms with Crippen LogP contribution in [-0.4, -0.2) is 23.0 Å². The van der Waals surface area contributed by atoms with E-state index in [1.165, 1.54) is 0 Å². The fraction of sp³-hybridized carbons (Fsp3) is 0.538. The topological polar surface area (TPSA) is 54.0 Å². The number of nitrogens with one attached hydrogen (secondary N) is 2. The maximum Gasteiger partial charge on any atom is 0.269 e. The zero-order chi connectivity index (χ0) is 12.9. The summed E-state index contributed by atoms with van der Waals surface area (Å²) in [5.41, 5.74) is 1.39. The molecule has 1 aromatic heterocycles. The fourth-order valence-electron chi connectivity index (χ4n) is 1.36. The minimum absolute atomic E-state index is 0.0137. The van der Waals surface area contributed by atoms with Gasteiger partial charge in [0.2, 0.25) is 0 Å². The van der Waals surface area contributed by atoms with Gasteiger partial charge in [0.15, 0.2) is 0 Å². The van der Waals surface area contributed by atoms with Gasteiger partial charge in [0.25, 0.3) is 5.91 Å². The van der Waals surface area contributed by atoms with E-state index < -0.39 is 0 Å². The third-order valence-corrected chi connectivity index (χ3v) is 2.70. The molecule has 0 atom stereocenters. The number of carbonyl (C=O) groups is 1. The van der Waals surface area contributed by atoms with Crippen molar-refractivity contribution in [2.24, 2.45) is 0 Å². The second-order valence-corrected chi connectivity index (χ2v) is 4.65. The first-order valence-corrected chi connectivity index (χ1v) is 6.01. The van der Waals surface area contributed by atoms with Crippen LogP contribution in [0.5, 0.6) is 0 Å². The van der Waals surface area contributed by atoms with Crippen LogP contribution in [0.15, 0.2) is 18.3 Å². The second kappa shape index (κ2) is 5.66. The van der Waals surface area contributed by atoms with Crippen molar-refractivity contribution in [3.8, 4) is 0 Å². The summed E-state index contributed by atoms with van der Waals surface area (Å²) in [5, 5.41) is 6.12. The molecule has 4 nitrogen and oxygen atoms in total. The Morgan fingerprint density at radius 1 is 1.41 bits per heavy atom. The molecule has 1 amide bonds. The monoisotopic (exact) mass is 235 g/mol. The van der Waals surface area contributed by atoms with Crippen LogP contribution >= 0.6 is 0 Å². The van der Waals surface area contributed by atoms with Crippen molar-refractivity contribution in [3.63, 3.8) is 0 Å². The van der Waals surface area contributed by atoms with Gasteiger partial charge in [-0.1, -0.05) is 6.92 Å². The standard InChI is InChI=1S/C13H21N3O/c1-5-13(3,4)16-10-7-8-15-11(9-10)12(17)14-6-2/h7-9H,5-6H2,1-4H3,(H,14,17)(H,15,16). The summed E-state index contributed by atoms with van der Waals surface area (Å²) in [4.78, 5) is 15.7. The maximum absolute atomic E-state index is 11.6. The predicted molar refractivity (Wildman–Crippen MR) is 70.2 cm³/mol. The molecule has 0 saturated heterocycles. The lowest BCUT2D eigenvalue weighted by Gasteiger charge is -2.26. The quantitative estimate of drug-likeness (QED) is 0.824. The van der Waals surface area contributed by atoms with Gasteiger partial charge in [0.1, 0.15) is 5.69 Å². The average Bonchev–Trinajstić information content (AvgIpc) is 2.29. The summed E-state index contributed by atoms with van der Waals surface area (Å²) in [6, 6.07) is 3.66. The van der Waals surface area contributed by atoms with E-state index in [0.29, 0.717) is 12.2 Å². The van der Waals surface area contributed by atoms with Crippen LogP contribution in [0.3, 0.4) is 0 Å². The van der Waals surface area contributed by atoms with E-state index in [4.69, 9.17) is 0 Å². The highest BCUT2D eigenvalue weighted by molar-refractivity contribution is 5.93. The fourth-order valence-corrected chi connectivity index (χ4v) is 1.36. The number of anilines is 1. The van der Waals surface area contributed by atoms with E-state index in [1.54, 1.807) is 12.3 Å². The third kappa shape index (κ3) is 4.06. The van der Waals surface area contributed by atoms with Crippen molar-refractivity contribution in [2.75, 3.05) is 11.9 Å². The molecule has 0 bridgehead atoms. The molecule has 1 rings (SSSR count). The van der Waals surface area contributed by atoms with Crippen LogP contribution in [0.2, 0.25) is 0 Å². The molecule has 0 unspecified atom stereocenters. The first-order valence-electron chi connectivity index (χ1n) is 6.01. The third-order valence-electron chi connectivity index (χ3n) is 2.70. The largest absolute Gasteiger partial charge is 0.380 e. The molecule has 4 heteroatoms. The molecule has 0 aliphatic rings. The van der Waals surface area contributed by atoms with E-state index in [1.807, 2.05) is 13.0 Å². The van der Waals surface area contributed by atoms with Crippen LogP contribution in [0, 0.1) is 0 Å². The van der Waals surface area contributed by atoms with Crippen LogP contribution in [0.4, 0.5) is 5.69 Å². The molecule has 0 aromatic carbocycles. The molecular weight excluding hydrogens is 214 g/mol. The Hall–Kier alpha value is -1.58. The molecule has 1 aromatic rings. The Morgan fingerprint density at radius 2 is 2.12 bits per heavy atom. The lowest BCUT2D eigenvalue weighted by atomic mass is 10.0. The molecule has 0 aliphatic heterocycles. The number of rotatable bonds is 5. The van der Waals surface area contributed by atoms with Gasteiger partial charge in [0.05, 0.1) is 0 Å². The number of amides is 1. The summed E-state index contributed by atoms with van der Waals surface area (Å²) < 4.78 is 0. The zero-order valence-electron chi connectivity index (χ0n) is 11.0. The summed E-state index contributed by atoms with van der Waals surface area (Å²) in [6.45, 7) is 8.87. The van der Waals surface area contributed by atoms with Gasteiger partial charge in [-0.2, -0.15) is 0 Å². The highest BCUT2D eigenvalue weighted by atomic mass is 16.1. The highest BCUT2D eigenvalue weighted by Crippen LogP contribution is 2.17. The van der Waals surface area contributed by atoms with E-state index in [9.17, 15) is 4.79 Å². The van der Waals surface area contributed by atoms with Gasteiger partial charge in [-0.15, -0.1) is 0 Å². The Kier molecular flexibility index (Phi) is 4.49. The van der Waals surface area contributed by atoms with Gasteiger partial charge >= 0.3 is 0 Å². The van der Waals surface area contributed by atoms with Crippen molar-refractivity contribution < 1.29 is 4.79 Å². The first kappa shape index (κ1) is 13.5. The molecule has 94 valence electrons. The van der Waals surface area contributed by atoms with Gasteiger partial charge in [-0.05, 0) is 39.3 Å². The van der Waals surface area contributed by atoms with Crippen LogP contribution < -0.4 is 10.6 Å². The number of aromatic nitrogens is 1. The molecule has 0 saturated carbocycles. The van der Waals surface area contributed by atoms with Crippen molar-refractivity contribution in [3.05, 3.63) is 24.0 Å². The molecule has 0 aliphatic carbocycles. The van der Waals surface area contributed by atoms with Crippen molar-refractivity contribution in [2.45, 2.75) is 39.7 Å². The minimum Gasteiger partial charge on any atom is -0.380 e. The van der Waals surface area contributed by atoms with Crippen LogP contribution in [0.25, 0.3) is 0 Å². The van der Waals surface area contributed by atoms with E-state index in [-0.39, 0.29) is 11.4 Å².